The van der Waals surface area contributed by atoms with Gasteiger partial charge in [-0.3, -0.25) is 0 Å². The fraction of sp³-hybridized carbons (Fsp3) is 0.750. The van der Waals surface area contributed by atoms with Crippen LogP contribution in [-0.2, 0) is 19.1 Å². The number of allylic oxidation sites excluding steroid dienone is 2. The lowest BCUT2D eigenvalue weighted by molar-refractivity contribution is -0.140. The van der Waals surface area contributed by atoms with Crippen LogP contribution < -0.4 is 0 Å². The van der Waals surface area contributed by atoms with E-state index in [2.05, 4.69) is 38.2 Å². The number of unbranched alkanes of at least 4 members (excludes halogenated alkanes) is 16. The molecular weight excluding hydrogens is 448 g/mol. The number of ether oxygens (including phenoxy) is 2. The van der Waals surface area contributed by atoms with Gasteiger partial charge in [0.2, 0.25) is 0 Å². The van der Waals surface area contributed by atoms with Crippen LogP contribution in [0.15, 0.2) is 36.5 Å². The maximum absolute atomic E-state index is 11.7. The van der Waals surface area contributed by atoms with Crippen molar-refractivity contribution in [3.63, 3.8) is 0 Å². The smallest absolute Gasteiger partial charge is 0.331 e. The maximum Gasteiger partial charge on any atom is 0.331 e. The summed E-state index contributed by atoms with van der Waals surface area (Å²) in [5.74, 6) is -1.01. The third kappa shape index (κ3) is 28.4. The maximum atomic E-state index is 11.7. The van der Waals surface area contributed by atoms with E-state index in [1.54, 1.807) is 0 Å². The Labute approximate surface area is 223 Å². The normalized spacial score (nSPS) is 11.7. The summed E-state index contributed by atoms with van der Waals surface area (Å²) in [5.41, 5.74) is 0. The first-order valence-corrected chi connectivity index (χ1v) is 15.0. The predicted molar refractivity (Wildman–Crippen MR) is 153 cm³/mol. The van der Waals surface area contributed by atoms with Crippen molar-refractivity contribution in [3.8, 4) is 0 Å². The van der Waals surface area contributed by atoms with Crippen LogP contribution in [0.4, 0.5) is 0 Å². The van der Waals surface area contributed by atoms with Crippen molar-refractivity contribution in [1.82, 2.24) is 0 Å². The van der Waals surface area contributed by atoms with Gasteiger partial charge in [0.05, 0.1) is 13.2 Å². The van der Waals surface area contributed by atoms with Crippen molar-refractivity contribution in [2.45, 2.75) is 142 Å². The molecule has 4 nitrogen and oxygen atoms in total. The quantitative estimate of drug-likeness (QED) is 0.0509. The number of rotatable bonds is 26. The highest BCUT2D eigenvalue weighted by Crippen LogP contribution is 2.11. The first-order valence-electron chi connectivity index (χ1n) is 15.0. The lowest BCUT2D eigenvalue weighted by atomic mass is 10.1. The Morgan fingerprint density at radius 1 is 0.444 bits per heavy atom. The van der Waals surface area contributed by atoms with Crippen LogP contribution in [0, 0.1) is 0 Å². The van der Waals surface area contributed by atoms with Crippen molar-refractivity contribution in [2.24, 2.45) is 0 Å². The number of carbonyl (C=O) groups is 2. The van der Waals surface area contributed by atoms with Gasteiger partial charge in [0.25, 0.3) is 0 Å². The van der Waals surface area contributed by atoms with Gasteiger partial charge in [0.1, 0.15) is 0 Å². The fourth-order valence-electron chi connectivity index (χ4n) is 3.95. The summed E-state index contributed by atoms with van der Waals surface area (Å²) in [6.45, 7) is 5.16. The lowest BCUT2D eigenvalue weighted by Gasteiger charge is -2.01. The van der Waals surface area contributed by atoms with Gasteiger partial charge in [-0.25, -0.2) is 9.59 Å². The van der Waals surface area contributed by atoms with Crippen molar-refractivity contribution in [3.05, 3.63) is 36.5 Å². The van der Waals surface area contributed by atoms with Gasteiger partial charge < -0.3 is 9.47 Å². The topological polar surface area (TPSA) is 52.6 Å². The molecule has 0 fully saturated rings. The summed E-state index contributed by atoms with van der Waals surface area (Å²) in [6, 6.07) is 0. The molecule has 0 bridgehead atoms. The summed E-state index contributed by atoms with van der Waals surface area (Å²) in [5, 5.41) is 0. The Kier molecular flexibility index (Phi) is 27.9. The predicted octanol–water partition coefficient (Wildman–Crippen LogP) is 9.58. The summed E-state index contributed by atoms with van der Waals surface area (Å²) in [4.78, 5) is 23.4. The Morgan fingerprint density at radius 2 is 0.750 bits per heavy atom. The Balaban J connectivity index is 3.51. The van der Waals surface area contributed by atoms with E-state index in [9.17, 15) is 9.59 Å². The van der Waals surface area contributed by atoms with E-state index in [0.29, 0.717) is 26.1 Å². The first kappa shape index (κ1) is 34.2. The largest absolute Gasteiger partial charge is 0.462 e. The SMILES string of the molecule is CCCCCCCCCC/C=C/CCOC(=O)/C=C/C(=O)OCC/C=C/CCCCCCCCCC. The van der Waals surface area contributed by atoms with E-state index in [1.807, 2.05) is 0 Å². The molecule has 0 saturated heterocycles. The molecule has 36 heavy (non-hydrogen) atoms. The van der Waals surface area contributed by atoms with Gasteiger partial charge in [0, 0.05) is 12.2 Å². The molecule has 0 saturated carbocycles. The molecule has 0 heterocycles. The third-order valence-corrected chi connectivity index (χ3v) is 6.20. The summed E-state index contributed by atoms with van der Waals surface area (Å²) in [6.07, 6.45) is 35.6. The van der Waals surface area contributed by atoms with Crippen molar-refractivity contribution in [2.75, 3.05) is 13.2 Å². The van der Waals surface area contributed by atoms with Crippen LogP contribution in [0.1, 0.15) is 142 Å². The molecule has 0 N–H and O–H groups in total. The molecule has 0 aliphatic carbocycles. The Bertz CT molecular complexity index is 527. The molecule has 0 aliphatic rings. The molecule has 4 heteroatoms. The standard InChI is InChI=1S/C32H56O4/c1-3-5-7-9-11-13-15-17-19-21-23-25-29-35-31(33)27-28-32(34)36-30-26-24-22-20-18-16-14-12-10-8-6-4-2/h21-24,27-28H,3-20,25-26,29-30H2,1-2H3/b23-21+,24-22+,28-27+. The first-order chi connectivity index (χ1) is 17.7. The molecule has 0 aromatic rings. The molecular formula is C32H56O4. The number of hydrogen-bond acceptors (Lipinski definition) is 4. The van der Waals surface area contributed by atoms with Gasteiger partial charge in [-0.1, -0.05) is 128 Å². The van der Waals surface area contributed by atoms with Crippen LogP contribution in [0.5, 0.6) is 0 Å². The number of esters is 2. The Morgan fingerprint density at radius 3 is 1.11 bits per heavy atom. The van der Waals surface area contributed by atoms with Gasteiger partial charge in [-0.15, -0.1) is 0 Å². The van der Waals surface area contributed by atoms with Gasteiger partial charge in [-0.05, 0) is 38.5 Å². The van der Waals surface area contributed by atoms with E-state index in [4.69, 9.17) is 9.47 Å². The minimum absolute atomic E-state index is 0.329. The average Bonchev–Trinajstić information content (AvgIpc) is 2.88. The van der Waals surface area contributed by atoms with Gasteiger partial charge in [0.15, 0.2) is 0 Å². The minimum Gasteiger partial charge on any atom is -0.462 e. The molecule has 0 aliphatic heterocycles. The molecule has 0 rings (SSSR count). The highest BCUT2D eigenvalue weighted by molar-refractivity contribution is 5.91. The zero-order chi connectivity index (χ0) is 26.4. The lowest BCUT2D eigenvalue weighted by Crippen LogP contribution is -2.05. The van der Waals surface area contributed by atoms with Crippen LogP contribution in [0.25, 0.3) is 0 Å². The van der Waals surface area contributed by atoms with Crippen molar-refractivity contribution >= 4 is 11.9 Å². The van der Waals surface area contributed by atoms with E-state index < -0.39 is 11.9 Å². The molecule has 0 aromatic carbocycles. The molecule has 0 spiro atoms. The van der Waals surface area contributed by atoms with E-state index in [1.165, 1.54) is 103 Å². The van der Waals surface area contributed by atoms with Gasteiger partial charge >= 0.3 is 11.9 Å². The minimum atomic E-state index is -0.506. The number of hydrogen-bond donors (Lipinski definition) is 0. The second-order valence-electron chi connectivity index (χ2n) is 9.72. The summed E-state index contributed by atoms with van der Waals surface area (Å²) >= 11 is 0. The third-order valence-electron chi connectivity index (χ3n) is 6.20. The van der Waals surface area contributed by atoms with Gasteiger partial charge in [-0.2, -0.15) is 0 Å². The Hall–Kier alpha value is -1.84. The molecule has 0 aromatic heterocycles. The second kappa shape index (κ2) is 29.4. The zero-order valence-electron chi connectivity index (χ0n) is 23.7. The van der Waals surface area contributed by atoms with Crippen LogP contribution in [-0.4, -0.2) is 25.2 Å². The van der Waals surface area contributed by atoms with Crippen molar-refractivity contribution in [1.29, 1.82) is 0 Å². The number of carbonyl (C=O) groups excluding carboxylic acids is 2. The van der Waals surface area contributed by atoms with Crippen LogP contribution in [0.2, 0.25) is 0 Å². The zero-order valence-corrected chi connectivity index (χ0v) is 23.7. The average molecular weight is 505 g/mol. The molecule has 0 radical (unpaired) electrons. The summed E-state index contributed by atoms with van der Waals surface area (Å²) in [7, 11) is 0. The molecule has 0 atom stereocenters. The van der Waals surface area contributed by atoms with E-state index in [-0.39, 0.29) is 0 Å². The second-order valence-corrected chi connectivity index (χ2v) is 9.72. The highest BCUT2D eigenvalue weighted by atomic mass is 16.5. The van der Waals surface area contributed by atoms with Crippen molar-refractivity contribution < 1.29 is 19.1 Å². The highest BCUT2D eigenvalue weighted by Gasteiger charge is 2.00. The summed E-state index contributed by atoms with van der Waals surface area (Å²) < 4.78 is 10.2. The molecule has 208 valence electrons. The van der Waals surface area contributed by atoms with Crippen LogP contribution in [0.3, 0.4) is 0 Å². The molecule has 0 unspecified atom stereocenters. The van der Waals surface area contributed by atoms with Crippen LogP contribution >= 0.6 is 0 Å². The van der Waals surface area contributed by atoms with E-state index in [0.717, 1.165) is 25.0 Å². The van der Waals surface area contributed by atoms with E-state index >= 15 is 0 Å². The molecule has 0 amide bonds. The monoisotopic (exact) mass is 504 g/mol. The fourth-order valence-corrected chi connectivity index (χ4v) is 3.95.